The second kappa shape index (κ2) is 5.08. The van der Waals surface area contributed by atoms with E-state index in [1.807, 2.05) is 6.20 Å². The lowest BCUT2D eigenvalue weighted by Crippen LogP contribution is -2.08. The van der Waals surface area contributed by atoms with Crippen molar-refractivity contribution in [1.29, 1.82) is 0 Å². The van der Waals surface area contributed by atoms with Crippen molar-refractivity contribution in [3.63, 3.8) is 0 Å². The Kier molecular flexibility index (Phi) is 3.28. The highest BCUT2D eigenvalue weighted by Gasteiger charge is 2.19. The van der Waals surface area contributed by atoms with Crippen LogP contribution in [0.1, 0.15) is 42.9 Å². The molecule has 0 atom stereocenters. The lowest BCUT2D eigenvalue weighted by molar-refractivity contribution is 0.525. The van der Waals surface area contributed by atoms with Crippen LogP contribution < -0.4 is 5.32 Å². The minimum absolute atomic E-state index is 0.621. The number of aromatic nitrogens is 2. The summed E-state index contributed by atoms with van der Waals surface area (Å²) in [7, 11) is 0. The van der Waals surface area contributed by atoms with E-state index < -0.39 is 0 Å². The molecule has 2 aromatic rings. The molecule has 1 saturated carbocycles. The van der Waals surface area contributed by atoms with E-state index >= 15 is 0 Å². The Hall–Kier alpha value is -1.77. The zero-order valence-electron chi connectivity index (χ0n) is 11.7. The lowest BCUT2D eigenvalue weighted by atomic mass is 10.1. The first-order valence-electron chi connectivity index (χ1n) is 7.11. The average molecular weight is 255 g/mol. The molecule has 0 radical (unpaired) electrons. The third kappa shape index (κ3) is 2.50. The van der Waals surface area contributed by atoms with E-state index in [0.29, 0.717) is 6.04 Å². The van der Waals surface area contributed by atoms with Gasteiger partial charge in [0.15, 0.2) is 0 Å². The number of hydrogen-bond donors (Lipinski definition) is 1. The van der Waals surface area contributed by atoms with Crippen LogP contribution >= 0.6 is 0 Å². The molecule has 1 aliphatic carbocycles. The quantitative estimate of drug-likeness (QED) is 0.883. The van der Waals surface area contributed by atoms with E-state index in [0.717, 1.165) is 11.6 Å². The van der Waals surface area contributed by atoms with Crippen molar-refractivity contribution in [3.05, 3.63) is 41.7 Å². The zero-order valence-corrected chi connectivity index (χ0v) is 11.7. The van der Waals surface area contributed by atoms with Gasteiger partial charge in [-0.2, -0.15) is 0 Å². The zero-order chi connectivity index (χ0) is 13.2. The van der Waals surface area contributed by atoms with Gasteiger partial charge in [-0.3, -0.25) is 0 Å². The van der Waals surface area contributed by atoms with Crippen LogP contribution in [0.25, 0.3) is 0 Å². The van der Waals surface area contributed by atoms with Gasteiger partial charge in [0.1, 0.15) is 0 Å². The molecule has 19 heavy (non-hydrogen) atoms. The molecule has 3 heteroatoms. The molecule has 1 aromatic carbocycles. The van der Waals surface area contributed by atoms with E-state index in [1.165, 1.54) is 36.8 Å². The summed E-state index contributed by atoms with van der Waals surface area (Å²) in [6.45, 7) is 4.26. The first-order chi connectivity index (χ1) is 9.24. The molecule has 1 aromatic heterocycles. The van der Waals surface area contributed by atoms with E-state index in [1.54, 1.807) is 0 Å². The van der Waals surface area contributed by atoms with Gasteiger partial charge in [0.05, 0.1) is 0 Å². The maximum Gasteiger partial charge on any atom is 0.207 e. The molecular weight excluding hydrogens is 234 g/mol. The topological polar surface area (TPSA) is 29.9 Å². The predicted octanol–water partition coefficient (Wildman–Crippen LogP) is 4.36. The number of nitrogens with one attached hydrogen (secondary N) is 1. The molecule has 3 rings (SSSR count). The molecule has 1 heterocycles. The molecule has 0 amide bonds. The molecule has 0 bridgehead atoms. The number of anilines is 2. The van der Waals surface area contributed by atoms with Crippen LogP contribution in [0.2, 0.25) is 0 Å². The van der Waals surface area contributed by atoms with Crippen LogP contribution in [0.3, 0.4) is 0 Å². The molecule has 3 nitrogen and oxygen atoms in total. The van der Waals surface area contributed by atoms with Crippen molar-refractivity contribution < 1.29 is 0 Å². The van der Waals surface area contributed by atoms with Crippen LogP contribution in [0, 0.1) is 13.8 Å². The summed E-state index contributed by atoms with van der Waals surface area (Å²) in [5.74, 6) is 0.971. The van der Waals surface area contributed by atoms with Gasteiger partial charge in [-0.05, 0) is 38.3 Å². The van der Waals surface area contributed by atoms with Crippen molar-refractivity contribution in [1.82, 2.24) is 9.55 Å². The van der Waals surface area contributed by atoms with Crippen molar-refractivity contribution in [2.75, 3.05) is 5.32 Å². The molecular formula is C16H21N3. The largest absolute Gasteiger partial charge is 0.325 e. The highest BCUT2D eigenvalue weighted by atomic mass is 15.2. The summed E-state index contributed by atoms with van der Waals surface area (Å²) in [6, 6.07) is 7.09. The maximum absolute atomic E-state index is 4.47. The second-order valence-corrected chi connectivity index (χ2v) is 5.54. The van der Waals surface area contributed by atoms with Crippen LogP contribution in [-0.2, 0) is 0 Å². The van der Waals surface area contributed by atoms with Crippen LogP contribution in [0.4, 0.5) is 11.6 Å². The summed E-state index contributed by atoms with van der Waals surface area (Å²) in [4.78, 5) is 4.47. The Labute approximate surface area is 114 Å². The second-order valence-electron chi connectivity index (χ2n) is 5.54. The Balaban J connectivity index is 1.85. The van der Waals surface area contributed by atoms with Crippen molar-refractivity contribution in [2.45, 2.75) is 45.6 Å². The highest BCUT2D eigenvalue weighted by Crippen LogP contribution is 2.32. The summed E-state index contributed by atoms with van der Waals surface area (Å²) in [6.07, 6.45) is 9.22. The molecule has 1 aliphatic rings. The number of nitrogens with zero attached hydrogens (tertiary/aromatic N) is 2. The molecule has 100 valence electrons. The van der Waals surface area contributed by atoms with Gasteiger partial charge >= 0.3 is 0 Å². The third-order valence-corrected chi connectivity index (χ3v) is 4.02. The summed E-state index contributed by atoms with van der Waals surface area (Å²) in [5.41, 5.74) is 3.71. The number of hydrogen-bond acceptors (Lipinski definition) is 2. The summed E-state index contributed by atoms with van der Waals surface area (Å²) >= 11 is 0. The molecule has 0 aliphatic heterocycles. The van der Waals surface area contributed by atoms with E-state index in [-0.39, 0.29) is 0 Å². The van der Waals surface area contributed by atoms with Gasteiger partial charge < -0.3 is 9.88 Å². The Bertz CT molecular complexity index is 565. The van der Waals surface area contributed by atoms with Crippen molar-refractivity contribution in [3.8, 4) is 0 Å². The average Bonchev–Trinajstić information content (AvgIpc) is 3.03. The van der Waals surface area contributed by atoms with Gasteiger partial charge in [-0.25, -0.2) is 4.98 Å². The van der Waals surface area contributed by atoms with Crippen molar-refractivity contribution in [2.24, 2.45) is 0 Å². The highest BCUT2D eigenvalue weighted by molar-refractivity contribution is 5.59. The van der Waals surface area contributed by atoms with E-state index in [9.17, 15) is 0 Å². The van der Waals surface area contributed by atoms with Crippen LogP contribution in [0.5, 0.6) is 0 Å². The lowest BCUT2D eigenvalue weighted by Gasteiger charge is -2.16. The fraction of sp³-hybridized carbons (Fsp3) is 0.438. The predicted molar refractivity (Wildman–Crippen MR) is 78.9 cm³/mol. The standard InChI is InChI=1S/C16H21N3/c1-12-7-8-15(13(2)11-12)18-16-17-9-10-19(16)14-5-3-4-6-14/h7-11,14H,3-6H2,1-2H3,(H,17,18). The Morgan fingerprint density at radius 1 is 1.21 bits per heavy atom. The van der Waals surface area contributed by atoms with E-state index in [2.05, 4.69) is 53.1 Å². The van der Waals surface area contributed by atoms with Gasteiger partial charge in [0, 0.05) is 24.1 Å². The SMILES string of the molecule is Cc1ccc(Nc2nccn2C2CCCC2)c(C)c1. The van der Waals surface area contributed by atoms with Crippen molar-refractivity contribution >= 4 is 11.6 Å². The molecule has 0 spiro atoms. The minimum Gasteiger partial charge on any atom is -0.325 e. The monoisotopic (exact) mass is 255 g/mol. The van der Waals surface area contributed by atoms with Gasteiger partial charge in [0.2, 0.25) is 5.95 Å². The van der Waals surface area contributed by atoms with Crippen LogP contribution in [0.15, 0.2) is 30.6 Å². The summed E-state index contributed by atoms with van der Waals surface area (Å²) < 4.78 is 2.30. The minimum atomic E-state index is 0.621. The fourth-order valence-corrected chi connectivity index (χ4v) is 2.96. The summed E-state index contributed by atoms with van der Waals surface area (Å²) in [5, 5.41) is 3.48. The molecule has 1 N–H and O–H groups in total. The number of benzene rings is 1. The van der Waals surface area contributed by atoms with Gasteiger partial charge in [0.25, 0.3) is 0 Å². The normalized spacial score (nSPS) is 15.9. The third-order valence-electron chi connectivity index (χ3n) is 4.02. The van der Waals surface area contributed by atoms with Gasteiger partial charge in [-0.1, -0.05) is 30.5 Å². The van der Waals surface area contributed by atoms with E-state index in [4.69, 9.17) is 0 Å². The molecule has 0 saturated heterocycles. The number of imidazole rings is 1. The molecule has 0 unspecified atom stereocenters. The molecule has 1 fully saturated rings. The number of rotatable bonds is 3. The first kappa shape index (κ1) is 12.3. The fourth-order valence-electron chi connectivity index (χ4n) is 2.96. The van der Waals surface area contributed by atoms with Crippen LogP contribution in [-0.4, -0.2) is 9.55 Å². The maximum atomic E-state index is 4.47. The van der Waals surface area contributed by atoms with Gasteiger partial charge in [-0.15, -0.1) is 0 Å². The first-order valence-corrected chi connectivity index (χ1v) is 7.11. The number of aryl methyl sites for hydroxylation is 2. The Morgan fingerprint density at radius 3 is 2.74 bits per heavy atom. The Morgan fingerprint density at radius 2 is 2.00 bits per heavy atom. The smallest absolute Gasteiger partial charge is 0.207 e.